The van der Waals surface area contributed by atoms with Gasteiger partial charge in [-0.2, -0.15) is 0 Å². The summed E-state index contributed by atoms with van der Waals surface area (Å²) in [4.78, 5) is 34.2. The number of aromatic nitrogens is 1. The van der Waals surface area contributed by atoms with E-state index in [4.69, 9.17) is 0 Å². The van der Waals surface area contributed by atoms with Crippen LogP contribution in [0.2, 0.25) is 0 Å². The molecule has 0 radical (unpaired) electrons. The fraction of sp³-hybridized carbons (Fsp3) is 0.696. The van der Waals surface area contributed by atoms with Gasteiger partial charge in [0.05, 0.1) is 11.6 Å². The number of carbonyl (C=O) groups excluding carboxylic acids is 2. The maximum Gasteiger partial charge on any atom is 0.252 e. The predicted octanol–water partition coefficient (Wildman–Crippen LogP) is 2.80. The molecule has 4 rings (SSSR count). The van der Waals surface area contributed by atoms with Crippen LogP contribution < -0.4 is 5.32 Å². The average molecular weight is 399 g/mol. The topological polar surface area (TPSA) is 65.5 Å². The van der Waals surface area contributed by atoms with Gasteiger partial charge < -0.3 is 10.2 Å². The Kier molecular flexibility index (Phi) is 6.48. The number of nitrogens with zero attached hydrogens (tertiary/aromatic N) is 3. The molecule has 29 heavy (non-hydrogen) atoms. The molecule has 1 N–H and O–H groups in total. The van der Waals surface area contributed by atoms with Gasteiger partial charge in [0.2, 0.25) is 5.91 Å². The number of hydrogen-bond donors (Lipinski definition) is 1. The zero-order valence-corrected chi connectivity index (χ0v) is 17.6. The van der Waals surface area contributed by atoms with Crippen molar-refractivity contribution in [1.82, 2.24) is 20.1 Å². The van der Waals surface area contributed by atoms with E-state index in [1.54, 1.807) is 6.20 Å². The van der Waals surface area contributed by atoms with Crippen LogP contribution in [-0.4, -0.2) is 65.4 Å². The van der Waals surface area contributed by atoms with Crippen LogP contribution in [0.5, 0.6) is 0 Å². The van der Waals surface area contributed by atoms with E-state index in [9.17, 15) is 9.59 Å². The Morgan fingerprint density at radius 1 is 1.10 bits per heavy atom. The molecule has 2 saturated heterocycles. The second-order valence-electron chi connectivity index (χ2n) is 8.89. The summed E-state index contributed by atoms with van der Waals surface area (Å²) in [5.74, 6) is 1.33. The molecule has 6 nitrogen and oxygen atoms in total. The molecule has 6 heteroatoms. The van der Waals surface area contributed by atoms with E-state index in [0.717, 1.165) is 57.7 Å². The summed E-state index contributed by atoms with van der Waals surface area (Å²) in [6.07, 6.45) is 9.38. The van der Waals surface area contributed by atoms with Crippen LogP contribution in [0.25, 0.3) is 0 Å². The van der Waals surface area contributed by atoms with Crippen LogP contribution in [-0.2, 0) is 4.79 Å². The first kappa shape index (κ1) is 20.3. The molecule has 1 aromatic heterocycles. The standard InChI is InChI=1S/C23H34N4O2/c1-2-21(26-11-3-4-12-26)23(29)27-13-9-18(10-14-27)20-8-7-19(16-24-20)22(28)25-15-17-5-6-17/h7-8,16-18,21H,2-6,9-15H2,1H3,(H,25,28)/t21-/m1/s1. The summed E-state index contributed by atoms with van der Waals surface area (Å²) in [7, 11) is 0. The summed E-state index contributed by atoms with van der Waals surface area (Å²) in [5.41, 5.74) is 1.68. The van der Waals surface area contributed by atoms with Crippen molar-refractivity contribution in [1.29, 1.82) is 0 Å². The number of carbonyl (C=O) groups is 2. The second-order valence-corrected chi connectivity index (χ2v) is 8.89. The molecule has 1 atom stereocenters. The van der Waals surface area contributed by atoms with Crippen LogP contribution >= 0.6 is 0 Å². The molecular weight excluding hydrogens is 364 g/mol. The molecular formula is C23H34N4O2. The Morgan fingerprint density at radius 2 is 1.83 bits per heavy atom. The molecule has 3 fully saturated rings. The minimum absolute atomic E-state index is 0.0242. The van der Waals surface area contributed by atoms with E-state index < -0.39 is 0 Å². The third-order valence-electron chi connectivity index (χ3n) is 6.77. The molecule has 158 valence electrons. The van der Waals surface area contributed by atoms with Gasteiger partial charge in [-0.1, -0.05) is 6.92 Å². The van der Waals surface area contributed by atoms with Crippen molar-refractivity contribution in [2.75, 3.05) is 32.7 Å². The average Bonchev–Trinajstić information content (AvgIpc) is 3.45. The Bertz CT molecular complexity index is 702. The Labute approximate surface area is 174 Å². The van der Waals surface area contributed by atoms with Crippen molar-refractivity contribution in [2.45, 2.75) is 63.8 Å². The molecule has 1 aromatic rings. The van der Waals surface area contributed by atoms with Crippen molar-refractivity contribution >= 4 is 11.8 Å². The van der Waals surface area contributed by atoms with Crippen molar-refractivity contribution in [3.63, 3.8) is 0 Å². The minimum atomic E-state index is -0.0242. The largest absolute Gasteiger partial charge is 0.352 e. The number of likely N-dealkylation sites (tertiary alicyclic amines) is 2. The summed E-state index contributed by atoms with van der Waals surface area (Å²) >= 11 is 0. The lowest BCUT2D eigenvalue weighted by atomic mass is 9.92. The highest BCUT2D eigenvalue weighted by atomic mass is 16.2. The lowest BCUT2D eigenvalue weighted by Crippen LogP contribution is -2.49. The van der Waals surface area contributed by atoms with Crippen molar-refractivity contribution in [3.8, 4) is 0 Å². The van der Waals surface area contributed by atoms with Gasteiger partial charge in [0.1, 0.15) is 0 Å². The van der Waals surface area contributed by atoms with Gasteiger partial charge in [-0.25, -0.2) is 0 Å². The summed E-state index contributed by atoms with van der Waals surface area (Å²) in [6, 6.07) is 3.94. The number of nitrogens with one attached hydrogen (secondary N) is 1. The third-order valence-corrected chi connectivity index (χ3v) is 6.77. The number of piperidine rings is 1. The third kappa shape index (κ3) is 4.97. The zero-order chi connectivity index (χ0) is 20.2. The molecule has 3 aliphatic rings. The number of hydrogen-bond acceptors (Lipinski definition) is 4. The summed E-state index contributed by atoms with van der Waals surface area (Å²) < 4.78 is 0. The van der Waals surface area contributed by atoms with Gasteiger partial charge in [-0.3, -0.25) is 19.5 Å². The molecule has 0 aromatic carbocycles. The monoisotopic (exact) mass is 398 g/mol. The zero-order valence-electron chi connectivity index (χ0n) is 17.6. The van der Waals surface area contributed by atoms with E-state index in [2.05, 4.69) is 27.0 Å². The van der Waals surface area contributed by atoms with Crippen LogP contribution in [0.1, 0.15) is 73.8 Å². The van der Waals surface area contributed by atoms with Gasteiger partial charge >= 0.3 is 0 Å². The van der Waals surface area contributed by atoms with Crippen molar-refractivity contribution < 1.29 is 9.59 Å². The van der Waals surface area contributed by atoms with E-state index >= 15 is 0 Å². The van der Waals surface area contributed by atoms with E-state index in [1.807, 2.05) is 12.1 Å². The molecule has 0 bridgehead atoms. The number of rotatable bonds is 7. The highest BCUT2D eigenvalue weighted by Gasteiger charge is 2.32. The normalized spacial score (nSPS) is 21.9. The molecule has 3 heterocycles. The molecule has 1 saturated carbocycles. The predicted molar refractivity (Wildman–Crippen MR) is 113 cm³/mol. The second kappa shape index (κ2) is 9.24. The van der Waals surface area contributed by atoms with Gasteiger partial charge in [-0.05, 0) is 76.1 Å². The van der Waals surface area contributed by atoms with Crippen LogP contribution in [0.4, 0.5) is 0 Å². The SMILES string of the molecule is CC[C@H](C(=O)N1CCC(c2ccc(C(=O)NCC3CC3)cn2)CC1)N1CCCC1. The van der Waals surface area contributed by atoms with Crippen molar-refractivity contribution in [3.05, 3.63) is 29.6 Å². The summed E-state index contributed by atoms with van der Waals surface area (Å²) in [6.45, 7) is 6.64. The fourth-order valence-electron chi connectivity index (χ4n) is 4.69. The van der Waals surface area contributed by atoms with Crippen LogP contribution in [0, 0.1) is 5.92 Å². The van der Waals surface area contributed by atoms with E-state index in [-0.39, 0.29) is 11.9 Å². The minimum Gasteiger partial charge on any atom is -0.352 e. The molecule has 2 amide bonds. The van der Waals surface area contributed by atoms with Crippen LogP contribution in [0.15, 0.2) is 18.3 Å². The highest BCUT2D eigenvalue weighted by Crippen LogP contribution is 2.29. The number of amides is 2. The molecule has 1 aliphatic carbocycles. The molecule has 2 aliphatic heterocycles. The quantitative estimate of drug-likeness (QED) is 0.767. The maximum atomic E-state index is 13.0. The lowest BCUT2D eigenvalue weighted by Gasteiger charge is -2.36. The Morgan fingerprint density at radius 3 is 2.41 bits per heavy atom. The van der Waals surface area contributed by atoms with Crippen LogP contribution in [0.3, 0.4) is 0 Å². The van der Waals surface area contributed by atoms with E-state index in [1.165, 1.54) is 25.7 Å². The lowest BCUT2D eigenvalue weighted by molar-refractivity contribution is -0.137. The van der Waals surface area contributed by atoms with E-state index in [0.29, 0.717) is 23.3 Å². The Hall–Kier alpha value is -1.95. The van der Waals surface area contributed by atoms with Gasteiger partial charge in [0.15, 0.2) is 0 Å². The molecule has 0 spiro atoms. The van der Waals surface area contributed by atoms with Gasteiger partial charge in [-0.15, -0.1) is 0 Å². The van der Waals surface area contributed by atoms with Gasteiger partial charge in [0, 0.05) is 37.4 Å². The van der Waals surface area contributed by atoms with Gasteiger partial charge in [0.25, 0.3) is 5.91 Å². The van der Waals surface area contributed by atoms with Crippen molar-refractivity contribution in [2.24, 2.45) is 5.92 Å². The molecule has 0 unspecified atom stereocenters. The first-order valence-electron chi connectivity index (χ1n) is 11.4. The summed E-state index contributed by atoms with van der Waals surface area (Å²) in [5, 5.41) is 2.99. The first-order valence-corrected chi connectivity index (χ1v) is 11.4. The highest BCUT2D eigenvalue weighted by molar-refractivity contribution is 5.93. The Balaban J connectivity index is 1.28. The number of pyridine rings is 1. The first-order chi connectivity index (χ1) is 14.2. The maximum absolute atomic E-state index is 13.0. The fourth-order valence-corrected chi connectivity index (χ4v) is 4.69. The smallest absolute Gasteiger partial charge is 0.252 e.